The number of hydrogen-bond acceptors (Lipinski definition) is 4. The standard InChI is InChI=1S/C16H15NO4S/c1-11-2-8-14(9-3-11)22(20,21)16-10-15(16)12-4-6-13(7-5-12)17(18)19/h2-9,15-16H,10H2,1H3/t15-,16+/m0/s1. The van der Waals surface area contributed by atoms with E-state index < -0.39 is 20.0 Å². The van der Waals surface area contributed by atoms with Crippen LogP contribution in [-0.4, -0.2) is 18.6 Å². The minimum atomic E-state index is -3.34. The van der Waals surface area contributed by atoms with Crippen molar-refractivity contribution in [3.63, 3.8) is 0 Å². The van der Waals surface area contributed by atoms with Crippen molar-refractivity contribution in [3.8, 4) is 0 Å². The van der Waals surface area contributed by atoms with Crippen LogP contribution < -0.4 is 0 Å². The van der Waals surface area contributed by atoms with Crippen molar-refractivity contribution < 1.29 is 13.3 Å². The van der Waals surface area contributed by atoms with Crippen molar-refractivity contribution in [1.29, 1.82) is 0 Å². The minimum Gasteiger partial charge on any atom is -0.258 e. The number of aryl methyl sites for hydroxylation is 1. The molecule has 6 heteroatoms. The molecule has 0 aromatic heterocycles. The molecule has 22 heavy (non-hydrogen) atoms. The average Bonchev–Trinajstić information content (AvgIpc) is 3.29. The van der Waals surface area contributed by atoms with Crippen molar-refractivity contribution in [1.82, 2.24) is 0 Å². The van der Waals surface area contributed by atoms with Crippen LogP contribution in [0.5, 0.6) is 0 Å². The summed E-state index contributed by atoms with van der Waals surface area (Å²) < 4.78 is 25.1. The fraction of sp³-hybridized carbons (Fsp3) is 0.250. The quantitative estimate of drug-likeness (QED) is 0.640. The van der Waals surface area contributed by atoms with Crippen LogP contribution >= 0.6 is 0 Å². The topological polar surface area (TPSA) is 77.3 Å². The van der Waals surface area contributed by atoms with E-state index in [2.05, 4.69) is 0 Å². The summed E-state index contributed by atoms with van der Waals surface area (Å²) in [5, 5.41) is 10.2. The Kier molecular flexibility index (Phi) is 3.48. The highest BCUT2D eigenvalue weighted by Crippen LogP contribution is 2.48. The zero-order valence-corrected chi connectivity index (χ0v) is 12.8. The molecule has 1 aliphatic rings. The number of sulfone groups is 1. The van der Waals surface area contributed by atoms with Crippen LogP contribution in [0.3, 0.4) is 0 Å². The maximum atomic E-state index is 12.6. The van der Waals surface area contributed by atoms with Gasteiger partial charge in [-0.25, -0.2) is 8.42 Å². The molecule has 5 nitrogen and oxygen atoms in total. The van der Waals surface area contributed by atoms with Crippen LogP contribution in [0.25, 0.3) is 0 Å². The molecule has 0 saturated heterocycles. The second-order valence-electron chi connectivity index (χ2n) is 5.59. The molecule has 2 atom stereocenters. The Labute approximate surface area is 128 Å². The van der Waals surface area contributed by atoms with Gasteiger partial charge < -0.3 is 0 Å². The van der Waals surface area contributed by atoms with E-state index in [0.717, 1.165) is 11.1 Å². The summed E-state index contributed by atoms with van der Waals surface area (Å²) in [6.07, 6.45) is 0.564. The second-order valence-corrected chi connectivity index (χ2v) is 7.75. The second kappa shape index (κ2) is 5.21. The van der Waals surface area contributed by atoms with Gasteiger partial charge in [0.15, 0.2) is 9.84 Å². The van der Waals surface area contributed by atoms with Crippen LogP contribution in [0.4, 0.5) is 5.69 Å². The molecule has 0 heterocycles. The number of nitrogens with zero attached hydrogens (tertiary/aromatic N) is 1. The molecular weight excluding hydrogens is 302 g/mol. The number of rotatable bonds is 4. The van der Waals surface area contributed by atoms with Crippen LogP contribution in [0, 0.1) is 17.0 Å². The molecule has 114 valence electrons. The first-order valence-electron chi connectivity index (χ1n) is 6.94. The highest BCUT2D eigenvalue weighted by molar-refractivity contribution is 7.92. The summed E-state index contributed by atoms with van der Waals surface area (Å²) in [6, 6.07) is 13.0. The zero-order valence-electron chi connectivity index (χ0n) is 12.0. The van der Waals surface area contributed by atoms with E-state index in [1.165, 1.54) is 12.1 Å². The summed E-state index contributed by atoms with van der Waals surface area (Å²) in [7, 11) is -3.34. The monoisotopic (exact) mass is 317 g/mol. The molecule has 1 saturated carbocycles. The molecule has 1 aliphatic carbocycles. The molecule has 0 amide bonds. The van der Waals surface area contributed by atoms with Gasteiger partial charge in [0.1, 0.15) is 0 Å². The number of benzene rings is 2. The van der Waals surface area contributed by atoms with E-state index in [0.29, 0.717) is 11.3 Å². The van der Waals surface area contributed by atoms with E-state index in [1.54, 1.807) is 36.4 Å². The third-order valence-corrected chi connectivity index (χ3v) is 6.26. The van der Waals surface area contributed by atoms with Crippen LogP contribution in [0.2, 0.25) is 0 Å². The fourth-order valence-electron chi connectivity index (χ4n) is 2.61. The first-order chi connectivity index (χ1) is 10.4. The maximum Gasteiger partial charge on any atom is 0.269 e. The van der Waals surface area contributed by atoms with Crippen molar-refractivity contribution in [2.45, 2.75) is 29.4 Å². The molecule has 0 radical (unpaired) electrons. The smallest absolute Gasteiger partial charge is 0.258 e. The highest BCUT2D eigenvalue weighted by atomic mass is 32.2. The Morgan fingerprint density at radius 2 is 1.64 bits per heavy atom. The number of hydrogen-bond donors (Lipinski definition) is 0. The van der Waals surface area contributed by atoms with E-state index in [4.69, 9.17) is 0 Å². The molecule has 0 bridgehead atoms. The van der Waals surface area contributed by atoms with Crippen molar-refractivity contribution in [3.05, 3.63) is 69.8 Å². The van der Waals surface area contributed by atoms with Gasteiger partial charge in [0.05, 0.1) is 15.1 Å². The minimum absolute atomic E-state index is 0.0161. The van der Waals surface area contributed by atoms with Gasteiger partial charge in [-0.15, -0.1) is 0 Å². The predicted octanol–water partition coefficient (Wildman–Crippen LogP) is 3.23. The van der Waals surface area contributed by atoms with Gasteiger partial charge in [0, 0.05) is 18.1 Å². The fourth-order valence-corrected chi connectivity index (χ4v) is 4.53. The number of nitro benzene ring substituents is 1. The highest BCUT2D eigenvalue weighted by Gasteiger charge is 2.48. The lowest BCUT2D eigenvalue weighted by molar-refractivity contribution is -0.384. The van der Waals surface area contributed by atoms with Gasteiger partial charge in [-0.2, -0.15) is 0 Å². The molecule has 3 rings (SSSR count). The van der Waals surface area contributed by atoms with Crippen molar-refractivity contribution in [2.24, 2.45) is 0 Å². The van der Waals surface area contributed by atoms with Gasteiger partial charge in [0.2, 0.25) is 0 Å². The predicted molar refractivity (Wildman–Crippen MR) is 82.6 cm³/mol. The number of nitro groups is 1. The molecule has 2 aromatic carbocycles. The van der Waals surface area contributed by atoms with E-state index in [-0.39, 0.29) is 11.6 Å². The summed E-state index contributed by atoms with van der Waals surface area (Å²) in [5.41, 5.74) is 1.87. The van der Waals surface area contributed by atoms with E-state index >= 15 is 0 Å². The Bertz CT molecular complexity index is 810. The van der Waals surface area contributed by atoms with Gasteiger partial charge in [-0.3, -0.25) is 10.1 Å². The lowest BCUT2D eigenvalue weighted by Gasteiger charge is -2.05. The molecular formula is C16H15NO4S. The largest absolute Gasteiger partial charge is 0.269 e. The molecule has 0 unspecified atom stereocenters. The van der Waals surface area contributed by atoms with Gasteiger partial charge in [-0.05, 0) is 31.0 Å². The van der Waals surface area contributed by atoms with Crippen LogP contribution in [0.15, 0.2) is 53.4 Å². The average molecular weight is 317 g/mol. The molecule has 0 aliphatic heterocycles. The Morgan fingerprint density at radius 1 is 1.05 bits per heavy atom. The third kappa shape index (κ3) is 2.62. The lowest BCUT2D eigenvalue weighted by atomic mass is 10.1. The van der Waals surface area contributed by atoms with Crippen molar-refractivity contribution in [2.75, 3.05) is 0 Å². The molecule has 1 fully saturated rings. The molecule has 0 spiro atoms. The normalized spacial score (nSPS) is 20.6. The summed E-state index contributed by atoms with van der Waals surface area (Å²) in [4.78, 5) is 10.5. The number of non-ortho nitro benzene ring substituents is 1. The summed E-state index contributed by atoms with van der Waals surface area (Å²) >= 11 is 0. The summed E-state index contributed by atoms with van der Waals surface area (Å²) in [6.45, 7) is 1.91. The lowest BCUT2D eigenvalue weighted by Crippen LogP contribution is -2.09. The first kappa shape index (κ1) is 14.7. The Balaban J connectivity index is 1.81. The van der Waals surface area contributed by atoms with E-state index in [1.807, 2.05) is 6.92 Å². The SMILES string of the molecule is Cc1ccc(S(=O)(=O)[C@@H]2C[C@H]2c2ccc([N+](=O)[O-])cc2)cc1. The van der Waals surface area contributed by atoms with Crippen LogP contribution in [-0.2, 0) is 9.84 Å². The summed E-state index contributed by atoms with van der Waals surface area (Å²) in [5.74, 6) is -0.0768. The Hall–Kier alpha value is -2.21. The molecule has 0 N–H and O–H groups in total. The molecule has 2 aromatic rings. The first-order valence-corrected chi connectivity index (χ1v) is 8.49. The van der Waals surface area contributed by atoms with Crippen molar-refractivity contribution >= 4 is 15.5 Å². The van der Waals surface area contributed by atoms with Gasteiger partial charge in [0.25, 0.3) is 5.69 Å². The van der Waals surface area contributed by atoms with E-state index in [9.17, 15) is 18.5 Å². The maximum absolute atomic E-state index is 12.6. The van der Waals surface area contributed by atoms with Gasteiger partial charge in [-0.1, -0.05) is 29.8 Å². The van der Waals surface area contributed by atoms with Crippen LogP contribution in [0.1, 0.15) is 23.5 Å². The zero-order chi connectivity index (χ0) is 15.9. The third-order valence-electron chi connectivity index (χ3n) is 4.01. The Morgan fingerprint density at radius 3 is 2.18 bits per heavy atom. The van der Waals surface area contributed by atoms with Gasteiger partial charge >= 0.3 is 0 Å².